The molecule has 1 aromatic rings. The Kier molecular flexibility index (Phi) is 10.8. The number of likely N-dealkylation sites (N-methyl/N-ethyl adjacent to an activating group) is 1. The number of rotatable bonds is 7. The maximum absolute atomic E-state index is 11.7. The summed E-state index contributed by atoms with van der Waals surface area (Å²) in [7, 11) is 5.30. The average molecular weight is 516 g/mol. The number of guanidine groups is 1. The number of hydrogen-bond acceptors (Lipinski definition) is 3. The van der Waals surface area contributed by atoms with Gasteiger partial charge in [0.05, 0.1) is 0 Å². The average Bonchev–Trinajstić information content (AvgIpc) is 2.67. The van der Waals surface area contributed by atoms with Crippen molar-refractivity contribution in [3.63, 3.8) is 0 Å². The lowest BCUT2D eigenvalue weighted by Gasteiger charge is -2.42. The van der Waals surface area contributed by atoms with Crippen molar-refractivity contribution in [3.05, 3.63) is 29.8 Å². The van der Waals surface area contributed by atoms with Crippen molar-refractivity contribution in [2.45, 2.75) is 46.1 Å². The Labute approximate surface area is 193 Å². The zero-order valence-electron chi connectivity index (χ0n) is 18.5. The quantitative estimate of drug-likeness (QED) is 0.341. The molecule has 7 heteroatoms. The third-order valence-corrected chi connectivity index (χ3v) is 5.36. The van der Waals surface area contributed by atoms with E-state index in [1.165, 1.54) is 30.6 Å². The van der Waals surface area contributed by atoms with Crippen LogP contribution < -0.4 is 10.1 Å². The fourth-order valence-electron chi connectivity index (χ4n) is 3.84. The van der Waals surface area contributed by atoms with Gasteiger partial charge in [-0.2, -0.15) is 0 Å². The van der Waals surface area contributed by atoms with Gasteiger partial charge in [-0.15, -0.1) is 24.0 Å². The van der Waals surface area contributed by atoms with Crippen LogP contribution in [-0.4, -0.2) is 62.5 Å². The van der Waals surface area contributed by atoms with Crippen molar-refractivity contribution in [3.8, 4) is 5.75 Å². The number of likely N-dealkylation sites (tertiary alicyclic amines) is 1. The van der Waals surface area contributed by atoms with Crippen molar-refractivity contribution < 1.29 is 9.53 Å². The van der Waals surface area contributed by atoms with Gasteiger partial charge in [-0.3, -0.25) is 9.79 Å². The van der Waals surface area contributed by atoms with Gasteiger partial charge in [-0.1, -0.05) is 32.4 Å². The van der Waals surface area contributed by atoms with Crippen molar-refractivity contribution >= 4 is 35.8 Å². The van der Waals surface area contributed by atoms with Gasteiger partial charge in [0.1, 0.15) is 5.75 Å². The molecule has 1 atom stereocenters. The molecule has 1 heterocycles. The molecule has 164 valence electrons. The second-order valence-corrected chi connectivity index (χ2v) is 8.21. The number of ether oxygens (including phenoxy) is 1. The van der Waals surface area contributed by atoms with E-state index in [4.69, 9.17) is 4.74 Å². The molecule has 1 N–H and O–H groups in total. The van der Waals surface area contributed by atoms with Crippen molar-refractivity contribution in [2.75, 3.05) is 40.8 Å². The second-order valence-electron chi connectivity index (χ2n) is 8.21. The highest BCUT2D eigenvalue weighted by Crippen LogP contribution is 2.33. The number of benzene rings is 1. The van der Waals surface area contributed by atoms with Gasteiger partial charge in [-0.25, -0.2) is 0 Å². The summed E-state index contributed by atoms with van der Waals surface area (Å²) in [5.41, 5.74) is 1.47. The lowest BCUT2D eigenvalue weighted by atomic mass is 9.78. The molecule has 1 aromatic carbocycles. The molecule has 6 nitrogen and oxygen atoms in total. The third kappa shape index (κ3) is 8.03. The first-order valence-electron chi connectivity index (χ1n) is 10.2. The first-order valence-corrected chi connectivity index (χ1v) is 10.2. The van der Waals surface area contributed by atoms with Crippen LogP contribution in [0.2, 0.25) is 0 Å². The highest BCUT2D eigenvalue weighted by Gasteiger charge is 2.31. The van der Waals surface area contributed by atoms with E-state index >= 15 is 0 Å². The molecular formula is C22H37IN4O2. The molecule has 0 aliphatic carbocycles. The molecule has 29 heavy (non-hydrogen) atoms. The Hall–Kier alpha value is -1.51. The van der Waals surface area contributed by atoms with Gasteiger partial charge in [0.15, 0.2) is 12.6 Å². The molecule has 1 fully saturated rings. The Balaban J connectivity index is 0.00000420. The first kappa shape index (κ1) is 25.5. The maximum atomic E-state index is 11.7. The zero-order chi connectivity index (χ0) is 20.6. The van der Waals surface area contributed by atoms with Gasteiger partial charge >= 0.3 is 0 Å². The van der Waals surface area contributed by atoms with Crippen LogP contribution in [0.5, 0.6) is 5.75 Å². The minimum Gasteiger partial charge on any atom is -0.484 e. The van der Waals surface area contributed by atoms with Crippen LogP contribution in [0.3, 0.4) is 0 Å². The van der Waals surface area contributed by atoms with Crippen LogP contribution in [-0.2, 0) is 11.3 Å². The minimum absolute atomic E-state index is 0. The van der Waals surface area contributed by atoms with E-state index in [-0.39, 0.29) is 36.5 Å². The minimum atomic E-state index is -0.0517. The summed E-state index contributed by atoms with van der Waals surface area (Å²) in [5, 5.41) is 3.49. The predicted octanol–water partition coefficient (Wildman–Crippen LogP) is 3.75. The fraction of sp³-hybridized carbons (Fsp3) is 0.636. The summed E-state index contributed by atoms with van der Waals surface area (Å²) in [6, 6.07) is 7.86. The Morgan fingerprint density at radius 2 is 2.14 bits per heavy atom. The van der Waals surface area contributed by atoms with Crippen molar-refractivity contribution in [2.24, 2.45) is 10.4 Å². The fourth-order valence-corrected chi connectivity index (χ4v) is 3.84. The van der Waals surface area contributed by atoms with E-state index in [1.807, 2.05) is 25.2 Å². The number of nitrogens with zero attached hydrogens (tertiary/aromatic N) is 3. The SMILES string of the molecule is CCCC1(C)CCCN(C(=NC)NCc2cccc(OCC(=O)N(C)C)c2)C1.I. The van der Waals surface area contributed by atoms with Gasteiger partial charge in [-0.05, 0) is 42.4 Å². The highest BCUT2D eigenvalue weighted by atomic mass is 127. The van der Waals surface area contributed by atoms with Crippen LogP contribution in [0.25, 0.3) is 0 Å². The molecule has 0 bridgehead atoms. The normalized spacial score (nSPS) is 19.3. The molecule has 2 rings (SSSR count). The number of halogens is 1. The third-order valence-electron chi connectivity index (χ3n) is 5.36. The molecule has 1 amide bonds. The number of carbonyl (C=O) groups excluding carboxylic acids is 1. The lowest BCUT2D eigenvalue weighted by Crippen LogP contribution is -2.49. The Morgan fingerprint density at radius 3 is 2.79 bits per heavy atom. The van der Waals surface area contributed by atoms with Crippen LogP contribution in [0.4, 0.5) is 0 Å². The van der Waals surface area contributed by atoms with Gasteiger partial charge in [0.2, 0.25) is 0 Å². The summed E-state index contributed by atoms with van der Waals surface area (Å²) in [6.07, 6.45) is 4.98. The van der Waals surface area contributed by atoms with Crippen LogP contribution in [0, 0.1) is 5.41 Å². The zero-order valence-corrected chi connectivity index (χ0v) is 20.9. The molecule has 0 spiro atoms. The topological polar surface area (TPSA) is 57.2 Å². The largest absolute Gasteiger partial charge is 0.484 e. The second kappa shape index (κ2) is 12.2. The lowest BCUT2D eigenvalue weighted by molar-refractivity contribution is -0.130. The molecule has 0 radical (unpaired) electrons. The Morgan fingerprint density at radius 1 is 1.38 bits per heavy atom. The summed E-state index contributed by atoms with van der Waals surface area (Å²) < 4.78 is 5.61. The number of piperidine rings is 1. The van der Waals surface area contributed by atoms with Crippen molar-refractivity contribution in [1.82, 2.24) is 15.1 Å². The highest BCUT2D eigenvalue weighted by molar-refractivity contribution is 14.0. The summed E-state index contributed by atoms with van der Waals surface area (Å²) in [6.45, 7) is 7.48. The monoisotopic (exact) mass is 516 g/mol. The number of carbonyl (C=O) groups is 1. The van der Waals surface area contributed by atoms with Gasteiger partial charge in [0, 0.05) is 40.8 Å². The van der Waals surface area contributed by atoms with Gasteiger partial charge in [0.25, 0.3) is 5.91 Å². The van der Waals surface area contributed by atoms with Crippen LogP contribution >= 0.6 is 24.0 Å². The molecular weight excluding hydrogens is 479 g/mol. The van der Waals surface area contributed by atoms with E-state index in [2.05, 4.69) is 35.1 Å². The van der Waals surface area contributed by atoms with E-state index in [0.717, 1.165) is 24.6 Å². The van der Waals surface area contributed by atoms with E-state index in [0.29, 0.717) is 17.7 Å². The van der Waals surface area contributed by atoms with Crippen molar-refractivity contribution in [1.29, 1.82) is 0 Å². The van der Waals surface area contributed by atoms with Gasteiger partial charge < -0.3 is 19.9 Å². The van der Waals surface area contributed by atoms with Crippen LogP contribution in [0.15, 0.2) is 29.3 Å². The Bertz CT molecular complexity index is 677. The molecule has 0 saturated carbocycles. The maximum Gasteiger partial charge on any atom is 0.259 e. The van der Waals surface area contributed by atoms with E-state index in [9.17, 15) is 4.79 Å². The predicted molar refractivity (Wildman–Crippen MR) is 130 cm³/mol. The summed E-state index contributed by atoms with van der Waals surface area (Å²) >= 11 is 0. The molecule has 1 saturated heterocycles. The number of aliphatic imine (C=N–C) groups is 1. The smallest absolute Gasteiger partial charge is 0.259 e. The standard InChI is InChI=1S/C22H36N4O2.HI/c1-6-11-22(2)12-8-13-26(17-22)21(23-3)24-15-18-9-7-10-19(14-18)28-16-20(27)25(4)5;/h7,9-10,14H,6,8,11-13,15-17H2,1-5H3,(H,23,24);1H. The molecule has 1 unspecified atom stereocenters. The molecule has 1 aliphatic rings. The number of amides is 1. The molecule has 0 aromatic heterocycles. The summed E-state index contributed by atoms with van der Waals surface area (Å²) in [5.74, 6) is 1.61. The number of nitrogens with one attached hydrogen (secondary N) is 1. The number of hydrogen-bond donors (Lipinski definition) is 1. The van der Waals surface area contributed by atoms with E-state index < -0.39 is 0 Å². The van der Waals surface area contributed by atoms with E-state index in [1.54, 1.807) is 14.1 Å². The van der Waals surface area contributed by atoms with Crippen LogP contribution in [0.1, 0.15) is 45.1 Å². The first-order chi connectivity index (χ1) is 13.4. The summed E-state index contributed by atoms with van der Waals surface area (Å²) in [4.78, 5) is 20.1. The molecule has 1 aliphatic heterocycles.